The van der Waals surface area contributed by atoms with Crippen LogP contribution < -0.4 is 0 Å². The van der Waals surface area contributed by atoms with Crippen molar-refractivity contribution in [3.63, 3.8) is 0 Å². The fourth-order valence-corrected chi connectivity index (χ4v) is 2.51. The SMILES string of the molecule is CC(O)CN1CCCCCC1C(C)C. The molecule has 1 fully saturated rings. The molecule has 14 heavy (non-hydrogen) atoms. The van der Waals surface area contributed by atoms with E-state index in [9.17, 15) is 5.11 Å². The summed E-state index contributed by atoms with van der Waals surface area (Å²) in [5.74, 6) is 0.715. The second kappa shape index (κ2) is 5.72. The standard InChI is InChI=1S/C12H25NO/c1-10(2)12-7-5-4-6-8-13(12)9-11(3)14/h10-12,14H,4-9H2,1-3H3. The largest absolute Gasteiger partial charge is 0.392 e. The van der Waals surface area contributed by atoms with E-state index in [1.54, 1.807) is 0 Å². The Bertz CT molecular complexity index is 156. The minimum atomic E-state index is -0.186. The molecule has 84 valence electrons. The lowest BCUT2D eigenvalue weighted by Crippen LogP contribution is -2.42. The average Bonchev–Trinajstić information content (AvgIpc) is 2.28. The van der Waals surface area contributed by atoms with E-state index in [2.05, 4.69) is 18.7 Å². The third-order valence-corrected chi connectivity index (χ3v) is 3.18. The molecule has 0 radical (unpaired) electrons. The molecule has 2 unspecified atom stereocenters. The Morgan fingerprint density at radius 1 is 1.21 bits per heavy atom. The molecule has 0 amide bonds. The zero-order valence-corrected chi connectivity index (χ0v) is 9.87. The molecule has 0 aliphatic carbocycles. The van der Waals surface area contributed by atoms with E-state index in [-0.39, 0.29) is 6.10 Å². The second-order valence-electron chi connectivity index (χ2n) is 5.00. The first-order valence-corrected chi connectivity index (χ1v) is 6.03. The number of hydrogen-bond donors (Lipinski definition) is 1. The van der Waals surface area contributed by atoms with E-state index in [0.717, 1.165) is 6.54 Å². The van der Waals surface area contributed by atoms with E-state index >= 15 is 0 Å². The van der Waals surface area contributed by atoms with Crippen molar-refractivity contribution in [2.75, 3.05) is 13.1 Å². The van der Waals surface area contributed by atoms with Gasteiger partial charge < -0.3 is 5.11 Å². The third kappa shape index (κ3) is 3.58. The van der Waals surface area contributed by atoms with Crippen LogP contribution in [0.3, 0.4) is 0 Å². The maximum atomic E-state index is 9.45. The van der Waals surface area contributed by atoms with Crippen molar-refractivity contribution < 1.29 is 5.11 Å². The van der Waals surface area contributed by atoms with Gasteiger partial charge in [0.15, 0.2) is 0 Å². The molecule has 0 spiro atoms. The first kappa shape index (κ1) is 12.0. The minimum absolute atomic E-state index is 0.186. The molecule has 1 aliphatic heterocycles. The van der Waals surface area contributed by atoms with Crippen molar-refractivity contribution in [3.05, 3.63) is 0 Å². The lowest BCUT2D eigenvalue weighted by Gasteiger charge is -2.33. The van der Waals surface area contributed by atoms with Gasteiger partial charge in [0.25, 0.3) is 0 Å². The number of likely N-dealkylation sites (tertiary alicyclic amines) is 1. The first-order valence-electron chi connectivity index (χ1n) is 6.03. The summed E-state index contributed by atoms with van der Waals surface area (Å²) in [5, 5.41) is 9.45. The summed E-state index contributed by atoms with van der Waals surface area (Å²) < 4.78 is 0. The van der Waals surface area contributed by atoms with Gasteiger partial charge in [0, 0.05) is 12.6 Å². The highest BCUT2D eigenvalue weighted by atomic mass is 16.3. The van der Waals surface area contributed by atoms with Gasteiger partial charge in [-0.1, -0.05) is 26.7 Å². The fraction of sp³-hybridized carbons (Fsp3) is 1.00. The van der Waals surface area contributed by atoms with Crippen molar-refractivity contribution in [2.24, 2.45) is 5.92 Å². The summed E-state index contributed by atoms with van der Waals surface area (Å²) in [6.07, 6.45) is 5.15. The van der Waals surface area contributed by atoms with Gasteiger partial charge in [-0.15, -0.1) is 0 Å². The van der Waals surface area contributed by atoms with Crippen LogP contribution in [-0.4, -0.2) is 35.2 Å². The van der Waals surface area contributed by atoms with Gasteiger partial charge in [0.2, 0.25) is 0 Å². The van der Waals surface area contributed by atoms with E-state index in [1.807, 2.05) is 6.92 Å². The number of β-amino-alcohol motifs (C(OH)–C–C–N with tert-alkyl or cyclic N) is 1. The Hall–Kier alpha value is -0.0800. The molecule has 2 nitrogen and oxygen atoms in total. The zero-order valence-electron chi connectivity index (χ0n) is 9.87. The Labute approximate surface area is 88.3 Å². The summed E-state index contributed by atoms with van der Waals surface area (Å²) in [6, 6.07) is 0.687. The number of hydrogen-bond acceptors (Lipinski definition) is 2. The topological polar surface area (TPSA) is 23.5 Å². The van der Waals surface area contributed by atoms with Crippen molar-refractivity contribution in [1.29, 1.82) is 0 Å². The number of rotatable bonds is 3. The first-order chi connectivity index (χ1) is 6.61. The molecular formula is C12H25NO. The van der Waals surface area contributed by atoms with E-state index in [1.165, 1.54) is 32.2 Å². The summed E-state index contributed by atoms with van der Waals surface area (Å²) in [5.41, 5.74) is 0. The number of aliphatic hydroxyl groups is 1. The predicted octanol–water partition coefficient (Wildman–Crippen LogP) is 2.27. The summed E-state index contributed by atoms with van der Waals surface area (Å²) in [4.78, 5) is 2.49. The zero-order chi connectivity index (χ0) is 10.6. The Morgan fingerprint density at radius 3 is 2.50 bits per heavy atom. The van der Waals surface area contributed by atoms with Crippen molar-refractivity contribution in [2.45, 2.75) is 58.6 Å². The Balaban J connectivity index is 2.54. The molecule has 1 rings (SSSR count). The molecule has 1 N–H and O–H groups in total. The van der Waals surface area contributed by atoms with E-state index < -0.39 is 0 Å². The summed E-state index contributed by atoms with van der Waals surface area (Å²) in [7, 11) is 0. The average molecular weight is 199 g/mol. The minimum Gasteiger partial charge on any atom is -0.392 e. The molecule has 1 aliphatic rings. The Morgan fingerprint density at radius 2 is 1.93 bits per heavy atom. The quantitative estimate of drug-likeness (QED) is 0.753. The highest BCUT2D eigenvalue weighted by Crippen LogP contribution is 2.22. The molecule has 0 aromatic rings. The molecule has 0 saturated carbocycles. The van der Waals surface area contributed by atoms with Gasteiger partial charge in [-0.25, -0.2) is 0 Å². The highest BCUT2D eigenvalue weighted by Gasteiger charge is 2.24. The molecule has 0 aromatic heterocycles. The molecule has 2 atom stereocenters. The lowest BCUT2D eigenvalue weighted by molar-refractivity contribution is 0.0823. The van der Waals surface area contributed by atoms with Gasteiger partial charge >= 0.3 is 0 Å². The number of nitrogens with zero attached hydrogens (tertiary/aromatic N) is 1. The lowest BCUT2D eigenvalue weighted by atomic mass is 9.98. The maximum Gasteiger partial charge on any atom is 0.0639 e. The van der Waals surface area contributed by atoms with Crippen molar-refractivity contribution >= 4 is 0 Å². The van der Waals surface area contributed by atoms with Crippen LogP contribution in [0.1, 0.15) is 46.5 Å². The number of aliphatic hydroxyl groups excluding tert-OH is 1. The van der Waals surface area contributed by atoms with Crippen molar-refractivity contribution in [3.8, 4) is 0 Å². The third-order valence-electron chi connectivity index (χ3n) is 3.18. The van der Waals surface area contributed by atoms with Gasteiger partial charge in [-0.2, -0.15) is 0 Å². The molecule has 1 saturated heterocycles. The normalized spacial score (nSPS) is 27.6. The molecule has 0 aromatic carbocycles. The van der Waals surface area contributed by atoms with Crippen LogP contribution >= 0.6 is 0 Å². The van der Waals surface area contributed by atoms with Gasteiger partial charge in [0.1, 0.15) is 0 Å². The summed E-state index contributed by atoms with van der Waals surface area (Å²) >= 11 is 0. The molecular weight excluding hydrogens is 174 g/mol. The Kier molecular flexibility index (Phi) is 4.90. The second-order valence-corrected chi connectivity index (χ2v) is 5.00. The van der Waals surface area contributed by atoms with E-state index in [0.29, 0.717) is 12.0 Å². The van der Waals surface area contributed by atoms with Crippen LogP contribution in [0.5, 0.6) is 0 Å². The molecule has 2 heteroatoms. The fourth-order valence-electron chi connectivity index (χ4n) is 2.51. The maximum absolute atomic E-state index is 9.45. The molecule has 0 bridgehead atoms. The van der Waals surface area contributed by atoms with Crippen LogP contribution in [0, 0.1) is 5.92 Å². The van der Waals surface area contributed by atoms with Gasteiger partial charge in [-0.3, -0.25) is 4.90 Å². The molecule has 1 heterocycles. The van der Waals surface area contributed by atoms with E-state index in [4.69, 9.17) is 0 Å². The smallest absolute Gasteiger partial charge is 0.0639 e. The van der Waals surface area contributed by atoms with Crippen LogP contribution in [-0.2, 0) is 0 Å². The van der Waals surface area contributed by atoms with Gasteiger partial charge in [-0.05, 0) is 32.2 Å². The van der Waals surface area contributed by atoms with Crippen LogP contribution in [0.25, 0.3) is 0 Å². The monoisotopic (exact) mass is 199 g/mol. The van der Waals surface area contributed by atoms with Crippen LogP contribution in [0.4, 0.5) is 0 Å². The predicted molar refractivity (Wildman–Crippen MR) is 60.3 cm³/mol. The van der Waals surface area contributed by atoms with Gasteiger partial charge in [0.05, 0.1) is 6.10 Å². The van der Waals surface area contributed by atoms with Crippen LogP contribution in [0.2, 0.25) is 0 Å². The highest BCUT2D eigenvalue weighted by molar-refractivity contribution is 4.78. The summed E-state index contributed by atoms with van der Waals surface area (Å²) in [6.45, 7) is 8.51. The van der Waals surface area contributed by atoms with Crippen LogP contribution in [0.15, 0.2) is 0 Å². The van der Waals surface area contributed by atoms with Crippen molar-refractivity contribution in [1.82, 2.24) is 4.90 Å².